The predicted molar refractivity (Wildman–Crippen MR) is 84.3 cm³/mol. The van der Waals surface area contributed by atoms with E-state index in [9.17, 15) is 4.79 Å². The average molecular weight is 292 g/mol. The lowest BCUT2D eigenvalue weighted by atomic mass is 10.1. The van der Waals surface area contributed by atoms with E-state index in [0.29, 0.717) is 5.76 Å². The topological polar surface area (TPSA) is 55.1 Å². The van der Waals surface area contributed by atoms with Crippen LogP contribution in [0.25, 0.3) is 11.3 Å². The molecular formula is C18H16N2O2. The van der Waals surface area contributed by atoms with Crippen LogP contribution >= 0.6 is 0 Å². The van der Waals surface area contributed by atoms with E-state index in [1.807, 2.05) is 67.6 Å². The van der Waals surface area contributed by atoms with E-state index in [0.717, 1.165) is 11.1 Å². The molecule has 0 radical (unpaired) electrons. The lowest BCUT2D eigenvalue weighted by molar-refractivity contribution is 0.0931. The van der Waals surface area contributed by atoms with Gasteiger partial charge in [-0.15, -0.1) is 0 Å². The second kappa shape index (κ2) is 6.26. The van der Waals surface area contributed by atoms with Crippen LogP contribution in [0, 0.1) is 0 Å². The molecular weight excluding hydrogens is 276 g/mol. The number of aromatic nitrogens is 1. The Bertz CT molecular complexity index is 751. The quantitative estimate of drug-likeness (QED) is 0.795. The van der Waals surface area contributed by atoms with E-state index in [-0.39, 0.29) is 17.6 Å². The van der Waals surface area contributed by atoms with Crippen LogP contribution in [0.2, 0.25) is 0 Å². The fourth-order valence-corrected chi connectivity index (χ4v) is 2.22. The summed E-state index contributed by atoms with van der Waals surface area (Å²) in [5.74, 6) is 0.334. The summed E-state index contributed by atoms with van der Waals surface area (Å²) < 4.78 is 5.25. The van der Waals surface area contributed by atoms with Gasteiger partial charge in [-0.05, 0) is 12.5 Å². The van der Waals surface area contributed by atoms with Crippen molar-refractivity contribution in [3.63, 3.8) is 0 Å². The van der Waals surface area contributed by atoms with Crippen molar-refractivity contribution in [2.75, 3.05) is 0 Å². The molecule has 2 aromatic carbocycles. The highest BCUT2D eigenvalue weighted by molar-refractivity contribution is 5.93. The fraction of sp³-hybridized carbons (Fsp3) is 0.111. The van der Waals surface area contributed by atoms with Crippen molar-refractivity contribution >= 4 is 5.91 Å². The highest BCUT2D eigenvalue weighted by Crippen LogP contribution is 2.20. The molecule has 1 N–H and O–H groups in total. The number of benzene rings is 2. The number of nitrogens with one attached hydrogen (secondary N) is 1. The third-order valence-corrected chi connectivity index (χ3v) is 3.45. The standard InChI is InChI=1S/C18H16N2O2/c1-13(14-8-4-2-5-9-14)19-18(21)16-12-17(22-20-16)15-10-6-3-7-11-15/h2-13H,1H3,(H,19,21)/t13-/m0/s1. The molecule has 1 aromatic heterocycles. The summed E-state index contributed by atoms with van der Waals surface area (Å²) in [5.41, 5.74) is 2.22. The van der Waals surface area contributed by atoms with Crippen molar-refractivity contribution in [2.45, 2.75) is 13.0 Å². The summed E-state index contributed by atoms with van der Waals surface area (Å²) in [7, 11) is 0. The van der Waals surface area contributed by atoms with Crippen LogP contribution in [0.4, 0.5) is 0 Å². The van der Waals surface area contributed by atoms with Crippen molar-refractivity contribution < 1.29 is 9.32 Å². The molecule has 0 saturated carbocycles. The van der Waals surface area contributed by atoms with Crippen molar-refractivity contribution in [3.8, 4) is 11.3 Å². The Labute approximate surface area is 128 Å². The maximum absolute atomic E-state index is 12.2. The van der Waals surface area contributed by atoms with Crippen molar-refractivity contribution in [3.05, 3.63) is 78.0 Å². The van der Waals surface area contributed by atoms with Crippen LogP contribution in [0.5, 0.6) is 0 Å². The Morgan fingerprint density at radius 2 is 1.68 bits per heavy atom. The monoisotopic (exact) mass is 292 g/mol. The Morgan fingerprint density at radius 3 is 2.36 bits per heavy atom. The molecule has 1 amide bonds. The van der Waals surface area contributed by atoms with Crippen LogP contribution in [-0.2, 0) is 0 Å². The molecule has 4 heteroatoms. The Kier molecular flexibility index (Phi) is 4.01. The van der Waals surface area contributed by atoms with Gasteiger partial charge < -0.3 is 9.84 Å². The highest BCUT2D eigenvalue weighted by atomic mass is 16.5. The van der Waals surface area contributed by atoms with Crippen LogP contribution in [0.3, 0.4) is 0 Å². The van der Waals surface area contributed by atoms with Gasteiger partial charge in [-0.2, -0.15) is 0 Å². The van der Waals surface area contributed by atoms with Gasteiger partial charge in [0.1, 0.15) is 0 Å². The molecule has 22 heavy (non-hydrogen) atoms. The van der Waals surface area contributed by atoms with Gasteiger partial charge >= 0.3 is 0 Å². The highest BCUT2D eigenvalue weighted by Gasteiger charge is 2.16. The second-order valence-electron chi connectivity index (χ2n) is 5.05. The van der Waals surface area contributed by atoms with Gasteiger partial charge in [0.05, 0.1) is 6.04 Å². The van der Waals surface area contributed by atoms with Crippen molar-refractivity contribution in [1.82, 2.24) is 10.5 Å². The number of carbonyl (C=O) groups excluding carboxylic acids is 1. The number of hydrogen-bond donors (Lipinski definition) is 1. The van der Waals surface area contributed by atoms with E-state index in [1.54, 1.807) is 6.07 Å². The molecule has 3 aromatic rings. The molecule has 1 atom stereocenters. The summed E-state index contributed by atoms with van der Waals surface area (Å²) in [4.78, 5) is 12.2. The number of hydrogen-bond acceptors (Lipinski definition) is 3. The van der Waals surface area contributed by atoms with E-state index in [4.69, 9.17) is 4.52 Å². The summed E-state index contributed by atoms with van der Waals surface area (Å²) >= 11 is 0. The minimum absolute atomic E-state index is 0.0921. The number of carbonyl (C=O) groups is 1. The number of rotatable bonds is 4. The van der Waals surface area contributed by atoms with Crippen LogP contribution < -0.4 is 5.32 Å². The lowest BCUT2D eigenvalue weighted by Crippen LogP contribution is -2.26. The second-order valence-corrected chi connectivity index (χ2v) is 5.05. The van der Waals surface area contributed by atoms with Gasteiger partial charge in [0.2, 0.25) is 0 Å². The first-order valence-corrected chi connectivity index (χ1v) is 7.12. The Hall–Kier alpha value is -2.88. The maximum atomic E-state index is 12.2. The summed E-state index contributed by atoms with van der Waals surface area (Å²) in [6.07, 6.45) is 0. The fourth-order valence-electron chi connectivity index (χ4n) is 2.22. The molecule has 0 bridgehead atoms. The van der Waals surface area contributed by atoms with Gasteiger partial charge in [-0.1, -0.05) is 65.8 Å². The average Bonchev–Trinajstić information content (AvgIpc) is 3.06. The van der Waals surface area contributed by atoms with E-state index < -0.39 is 0 Å². The maximum Gasteiger partial charge on any atom is 0.273 e. The zero-order valence-electron chi connectivity index (χ0n) is 12.2. The van der Waals surface area contributed by atoms with Crippen LogP contribution in [0.1, 0.15) is 29.0 Å². The molecule has 4 nitrogen and oxygen atoms in total. The SMILES string of the molecule is C[C@H](NC(=O)c1cc(-c2ccccc2)on1)c1ccccc1. The number of amides is 1. The lowest BCUT2D eigenvalue weighted by Gasteiger charge is -2.12. The van der Waals surface area contributed by atoms with Gasteiger partial charge in [0.25, 0.3) is 5.91 Å². The van der Waals surface area contributed by atoms with Crippen molar-refractivity contribution in [1.29, 1.82) is 0 Å². The molecule has 3 rings (SSSR count). The summed E-state index contributed by atoms with van der Waals surface area (Å²) in [6, 6.07) is 20.9. The first-order chi connectivity index (χ1) is 10.7. The Balaban J connectivity index is 1.72. The van der Waals surface area contributed by atoms with Crippen LogP contribution in [0.15, 0.2) is 71.3 Å². The first-order valence-electron chi connectivity index (χ1n) is 7.12. The van der Waals surface area contributed by atoms with Crippen molar-refractivity contribution in [2.24, 2.45) is 0 Å². The summed E-state index contributed by atoms with van der Waals surface area (Å²) in [6.45, 7) is 1.94. The molecule has 0 aliphatic carbocycles. The zero-order valence-corrected chi connectivity index (χ0v) is 12.2. The smallest absolute Gasteiger partial charge is 0.273 e. The third kappa shape index (κ3) is 3.06. The molecule has 110 valence electrons. The molecule has 0 unspecified atom stereocenters. The van der Waals surface area contributed by atoms with E-state index in [1.165, 1.54) is 0 Å². The molecule has 0 spiro atoms. The molecule has 0 fully saturated rings. The number of nitrogens with zero attached hydrogens (tertiary/aromatic N) is 1. The normalized spacial score (nSPS) is 11.9. The van der Waals surface area contributed by atoms with Gasteiger partial charge in [-0.3, -0.25) is 4.79 Å². The zero-order chi connectivity index (χ0) is 15.4. The molecule has 0 aliphatic heterocycles. The van der Waals surface area contributed by atoms with E-state index in [2.05, 4.69) is 10.5 Å². The predicted octanol–water partition coefficient (Wildman–Crippen LogP) is 3.83. The first kappa shape index (κ1) is 14.1. The minimum atomic E-state index is -0.248. The molecule has 1 heterocycles. The minimum Gasteiger partial charge on any atom is -0.355 e. The Morgan fingerprint density at radius 1 is 1.05 bits per heavy atom. The molecule has 0 saturated heterocycles. The van der Waals surface area contributed by atoms with Gasteiger partial charge in [0, 0.05) is 11.6 Å². The summed E-state index contributed by atoms with van der Waals surface area (Å²) in [5, 5.41) is 6.77. The van der Waals surface area contributed by atoms with Gasteiger partial charge in [0.15, 0.2) is 11.5 Å². The van der Waals surface area contributed by atoms with E-state index >= 15 is 0 Å². The van der Waals surface area contributed by atoms with Crippen LogP contribution in [-0.4, -0.2) is 11.1 Å². The van der Waals surface area contributed by atoms with Gasteiger partial charge in [-0.25, -0.2) is 0 Å². The third-order valence-electron chi connectivity index (χ3n) is 3.45. The molecule has 0 aliphatic rings. The largest absolute Gasteiger partial charge is 0.355 e.